The van der Waals surface area contributed by atoms with Crippen LogP contribution in [0.25, 0.3) is 0 Å². The number of aromatic nitrogens is 2. The quantitative estimate of drug-likeness (QED) is 0.817. The molecule has 2 heterocycles. The molecule has 1 N–H and O–H groups in total. The summed E-state index contributed by atoms with van der Waals surface area (Å²) in [5.74, 6) is 1.03. The Balaban J connectivity index is 1.88. The van der Waals surface area contributed by atoms with Crippen molar-refractivity contribution in [3.63, 3.8) is 0 Å². The molecule has 7 nitrogen and oxygen atoms in total. The maximum Gasteiger partial charge on any atom is 0.239 e. The van der Waals surface area contributed by atoms with Gasteiger partial charge in [0.1, 0.15) is 0 Å². The second-order valence-electron chi connectivity index (χ2n) is 5.54. The molecular formula is C14H25N5O2. The van der Waals surface area contributed by atoms with Gasteiger partial charge in [0.15, 0.2) is 0 Å². The van der Waals surface area contributed by atoms with Gasteiger partial charge < -0.3 is 24.4 Å². The molecule has 0 radical (unpaired) electrons. The Morgan fingerprint density at radius 1 is 1.48 bits per heavy atom. The summed E-state index contributed by atoms with van der Waals surface area (Å²) in [5, 5.41) is 3.28. The third kappa shape index (κ3) is 3.74. The first-order valence-corrected chi connectivity index (χ1v) is 7.28. The molecule has 1 aliphatic heterocycles. The third-order valence-corrected chi connectivity index (χ3v) is 3.74. The number of carbonyl (C=O) groups excluding carboxylic acids is 1. The van der Waals surface area contributed by atoms with Gasteiger partial charge in [0.2, 0.25) is 11.9 Å². The average Bonchev–Trinajstić information content (AvgIpc) is 2.86. The number of ether oxygens (including phenoxy) is 1. The Labute approximate surface area is 125 Å². The first kappa shape index (κ1) is 15.8. The lowest BCUT2D eigenvalue weighted by Crippen LogP contribution is -2.49. The lowest BCUT2D eigenvalue weighted by molar-refractivity contribution is -0.137. The summed E-state index contributed by atoms with van der Waals surface area (Å²) in [6, 6.07) is -0.208. The SMILES string of the molecule is CC(NCc1cnc(N(C)C)n1C)C(=O)N1CCOCC1. The van der Waals surface area contributed by atoms with Gasteiger partial charge in [-0.05, 0) is 6.92 Å². The van der Waals surface area contributed by atoms with Crippen molar-refractivity contribution in [2.45, 2.75) is 19.5 Å². The van der Waals surface area contributed by atoms with Crippen molar-refractivity contribution in [2.24, 2.45) is 7.05 Å². The van der Waals surface area contributed by atoms with Crippen LogP contribution in [0.5, 0.6) is 0 Å². The minimum atomic E-state index is -0.208. The van der Waals surface area contributed by atoms with Gasteiger partial charge in [-0.2, -0.15) is 0 Å². The summed E-state index contributed by atoms with van der Waals surface area (Å²) in [4.78, 5) is 20.5. The van der Waals surface area contributed by atoms with E-state index in [1.165, 1.54) is 0 Å². The fourth-order valence-electron chi connectivity index (χ4n) is 2.42. The van der Waals surface area contributed by atoms with Gasteiger partial charge in [-0.1, -0.05) is 0 Å². The van der Waals surface area contributed by atoms with Gasteiger partial charge in [0.05, 0.1) is 31.1 Å². The summed E-state index contributed by atoms with van der Waals surface area (Å²) < 4.78 is 7.30. The minimum Gasteiger partial charge on any atom is -0.378 e. The zero-order chi connectivity index (χ0) is 15.4. The zero-order valence-electron chi connectivity index (χ0n) is 13.3. The summed E-state index contributed by atoms with van der Waals surface area (Å²) >= 11 is 0. The monoisotopic (exact) mass is 295 g/mol. The normalized spacial score (nSPS) is 16.9. The van der Waals surface area contributed by atoms with Crippen LogP contribution in [0, 0.1) is 0 Å². The molecule has 0 spiro atoms. The number of hydrogen-bond acceptors (Lipinski definition) is 5. The molecule has 0 bridgehead atoms. The Bertz CT molecular complexity index is 480. The van der Waals surface area contributed by atoms with Crippen molar-refractivity contribution < 1.29 is 9.53 Å². The molecular weight excluding hydrogens is 270 g/mol. The zero-order valence-corrected chi connectivity index (χ0v) is 13.3. The van der Waals surface area contributed by atoms with Gasteiger partial charge in [-0.15, -0.1) is 0 Å². The molecule has 21 heavy (non-hydrogen) atoms. The molecule has 1 unspecified atom stereocenters. The van der Waals surface area contributed by atoms with Crippen LogP contribution in [0.4, 0.5) is 5.95 Å². The van der Waals surface area contributed by atoms with Crippen LogP contribution >= 0.6 is 0 Å². The van der Waals surface area contributed by atoms with Crippen LogP contribution in [-0.4, -0.2) is 66.8 Å². The van der Waals surface area contributed by atoms with Gasteiger partial charge in [0.25, 0.3) is 0 Å². The van der Waals surface area contributed by atoms with Crippen LogP contribution in [0.2, 0.25) is 0 Å². The van der Waals surface area contributed by atoms with Crippen LogP contribution in [0.15, 0.2) is 6.20 Å². The molecule has 7 heteroatoms. The van der Waals surface area contributed by atoms with Crippen molar-refractivity contribution in [2.75, 3.05) is 45.3 Å². The van der Waals surface area contributed by atoms with E-state index in [1.54, 1.807) is 0 Å². The smallest absolute Gasteiger partial charge is 0.239 e. The van der Waals surface area contributed by atoms with E-state index in [0.29, 0.717) is 32.8 Å². The molecule has 0 aromatic carbocycles. The van der Waals surface area contributed by atoms with Crippen LogP contribution in [-0.2, 0) is 23.1 Å². The molecule has 1 aliphatic rings. The lowest BCUT2D eigenvalue weighted by atomic mass is 10.2. The first-order valence-electron chi connectivity index (χ1n) is 7.28. The summed E-state index contributed by atoms with van der Waals surface area (Å²) in [7, 11) is 5.90. The highest BCUT2D eigenvalue weighted by molar-refractivity contribution is 5.81. The number of hydrogen-bond donors (Lipinski definition) is 1. The Hall–Kier alpha value is -1.60. The van der Waals surface area contributed by atoms with E-state index in [0.717, 1.165) is 11.6 Å². The van der Waals surface area contributed by atoms with Gasteiger partial charge in [-0.25, -0.2) is 4.98 Å². The molecule has 0 aliphatic carbocycles. The fraction of sp³-hybridized carbons (Fsp3) is 0.714. The molecule has 0 saturated carbocycles. The number of carbonyl (C=O) groups is 1. The molecule has 1 saturated heterocycles. The number of morpholine rings is 1. The number of rotatable bonds is 5. The van der Waals surface area contributed by atoms with E-state index in [9.17, 15) is 4.79 Å². The number of imidazole rings is 1. The van der Waals surface area contributed by atoms with Crippen LogP contribution in [0.3, 0.4) is 0 Å². The highest BCUT2D eigenvalue weighted by Crippen LogP contribution is 2.11. The van der Waals surface area contributed by atoms with E-state index < -0.39 is 0 Å². The highest BCUT2D eigenvalue weighted by Gasteiger charge is 2.22. The number of nitrogens with one attached hydrogen (secondary N) is 1. The largest absolute Gasteiger partial charge is 0.378 e. The molecule has 1 atom stereocenters. The molecule has 1 aromatic heterocycles. The van der Waals surface area contributed by atoms with Crippen LogP contribution < -0.4 is 10.2 Å². The maximum absolute atomic E-state index is 12.3. The van der Waals surface area contributed by atoms with Gasteiger partial charge in [0, 0.05) is 40.8 Å². The van der Waals surface area contributed by atoms with Crippen molar-refractivity contribution in [1.82, 2.24) is 19.8 Å². The van der Waals surface area contributed by atoms with Crippen LogP contribution in [0.1, 0.15) is 12.6 Å². The highest BCUT2D eigenvalue weighted by atomic mass is 16.5. The van der Waals surface area contributed by atoms with Crippen molar-refractivity contribution in [3.8, 4) is 0 Å². The maximum atomic E-state index is 12.3. The standard InChI is InChI=1S/C14H25N5O2/c1-11(13(20)19-5-7-21-8-6-19)15-9-12-10-16-14(17(2)3)18(12)4/h10-11,15H,5-9H2,1-4H3. The van der Waals surface area contributed by atoms with E-state index in [2.05, 4.69) is 10.3 Å². The molecule has 1 fully saturated rings. The minimum absolute atomic E-state index is 0.133. The Kier molecular flexibility index (Phi) is 5.19. The number of anilines is 1. The summed E-state index contributed by atoms with van der Waals surface area (Å²) in [6.07, 6.45) is 1.84. The molecule has 2 rings (SSSR count). The summed E-state index contributed by atoms with van der Waals surface area (Å²) in [6.45, 7) is 5.15. The van der Waals surface area contributed by atoms with Crippen molar-refractivity contribution >= 4 is 11.9 Å². The van der Waals surface area contributed by atoms with Gasteiger partial charge in [-0.3, -0.25) is 4.79 Å². The Morgan fingerprint density at radius 3 is 2.71 bits per heavy atom. The van der Waals surface area contributed by atoms with E-state index >= 15 is 0 Å². The predicted octanol–water partition coefficient (Wildman–Crippen LogP) is -0.177. The fourth-order valence-corrected chi connectivity index (χ4v) is 2.42. The second-order valence-corrected chi connectivity index (χ2v) is 5.54. The first-order chi connectivity index (χ1) is 10.0. The molecule has 118 valence electrons. The summed E-state index contributed by atoms with van der Waals surface area (Å²) in [5.41, 5.74) is 1.06. The number of nitrogens with zero attached hydrogens (tertiary/aromatic N) is 4. The number of amides is 1. The lowest BCUT2D eigenvalue weighted by Gasteiger charge is -2.29. The molecule has 1 amide bonds. The second kappa shape index (κ2) is 6.91. The Morgan fingerprint density at radius 2 is 2.14 bits per heavy atom. The predicted molar refractivity (Wildman–Crippen MR) is 81.2 cm³/mol. The van der Waals surface area contributed by atoms with E-state index in [1.807, 2.05) is 48.6 Å². The van der Waals surface area contributed by atoms with E-state index in [4.69, 9.17) is 4.74 Å². The van der Waals surface area contributed by atoms with Gasteiger partial charge >= 0.3 is 0 Å². The molecule has 1 aromatic rings. The van der Waals surface area contributed by atoms with E-state index in [-0.39, 0.29) is 11.9 Å². The van der Waals surface area contributed by atoms with Crippen molar-refractivity contribution in [3.05, 3.63) is 11.9 Å². The third-order valence-electron chi connectivity index (χ3n) is 3.74. The average molecular weight is 295 g/mol. The topological polar surface area (TPSA) is 62.6 Å². The van der Waals surface area contributed by atoms with Crippen molar-refractivity contribution in [1.29, 1.82) is 0 Å².